The molecule has 2 aromatic rings. The molecule has 68 valence electrons. The van der Waals surface area contributed by atoms with Gasteiger partial charge in [0.25, 0.3) is 0 Å². The van der Waals surface area contributed by atoms with Crippen LogP contribution in [0.5, 0.6) is 5.75 Å². The Labute approximate surface area is 77.5 Å². The average Bonchev–Trinajstić information content (AvgIpc) is 2.49. The van der Waals surface area contributed by atoms with E-state index < -0.39 is 0 Å². The predicted octanol–water partition coefficient (Wildman–Crippen LogP) is 2.79. The highest BCUT2D eigenvalue weighted by atomic mass is 16.5. The van der Waals surface area contributed by atoms with Crippen molar-refractivity contribution in [1.82, 2.24) is 4.98 Å². The normalized spacial score (nSPS) is 10.7. The van der Waals surface area contributed by atoms with Crippen molar-refractivity contribution in [2.75, 3.05) is 7.11 Å². The number of fused-ring (bicyclic) bond motifs is 1. The average molecular weight is 175 g/mol. The van der Waals surface area contributed by atoms with Gasteiger partial charge >= 0.3 is 0 Å². The fraction of sp³-hybridized carbons (Fsp3) is 0.273. The Morgan fingerprint density at radius 1 is 1.15 bits per heavy atom. The lowest BCUT2D eigenvalue weighted by atomic mass is 10.1. The monoisotopic (exact) mass is 175 g/mol. The van der Waals surface area contributed by atoms with Crippen molar-refractivity contribution in [3.63, 3.8) is 0 Å². The molecule has 0 bridgehead atoms. The highest BCUT2D eigenvalue weighted by Crippen LogP contribution is 2.31. The molecule has 0 fully saturated rings. The van der Waals surface area contributed by atoms with Crippen LogP contribution in [-0.4, -0.2) is 12.1 Å². The second-order valence-electron chi connectivity index (χ2n) is 3.31. The van der Waals surface area contributed by atoms with E-state index in [9.17, 15) is 0 Å². The van der Waals surface area contributed by atoms with E-state index in [-0.39, 0.29) is 0 Å². The van der Waals surface area contributed by atoms with Crippen molar-refractivity contribution < 1.29 is 4.74 Å². The molecule has 0 amide bonds. The van der Waals surface area contributed by atoms with Gasteiger partial charge in [0.2, 0.25) is 0 Å². The van der Waals surface area contributed by atoms with Gasteiger partial charge in [-0.05, 0) is 31.0 Å². The van der Waals surface area contributed by atoms with Crippen LogP contribution in [0.2, 0.25) is 0 Å². The highest BCUT2D eigenvalue weighted by Gasteiger charge is 2.07. The molecule has 0 spiro atoms. The van der Waals surface area contributed by atoms with Crippen LogP contribution in [0.25, 0.3) is 10.9 Å². The molecule has 1 aromatic heterocycles. The number of ether oxygens (including phenoxy) is 1. The van der Waals surface area contributed by atoms with Gasteiger partial charge in [-0.3, -0.25) is 0 Å². The number of methoxy groups -OCH3 is 1. The minimum absolute atomic E-state index is 0.983. The lowest BCUT2D eigenvalue weighted by Crippen LogP contribution is -1.88. The number of aryl methyl sites for hydroxylation is 2. The molecule has 0 saturated heterocycles. The SMILES string of the molecule is COc1c(C)ccc2[nH]cc(C)c12. The van der Waals surface area contributed by atoms with Crippen LogP contribution in [-0.2, 0) is 0 Å². The molecule has 0 saturated carbocycles. The summed E-state index contributed by atoms with van der Waals surface area (Å²) >= 11 is 0. The van der Waals surface area contributed by atoms with Gasteiger partial charge in [-0.1, -0.05) is 6.07 Å². The largest absolute Gasteiger partial charge is 0.496 e. The first-order chi connectivity index (χ1) is 6.24. The molecule has 2 heteroatoms. The van der Waals surface area contributed by atoms with Gasteiger partial charge in [-0.15, -0.1) is 0 Å². The topological polar surface area (TPSA) is 25.0 Å². The zero-order chi connectivity index (χ0) is 9.42. The Kier molecular flexibility index (Phi) is 1.76. The van der Waals surface area contributed by atoms with Crippen LogP contribution in [0, 0.1) is 13.8 Å². The molecule has 0 aliphatic rings. The summed E-state index contributed by atoms with van der Waals surface area (Å²) in [7, 11) is 1.72. The lowest BCUT2D eigenvalue weighted by Gasteiger charge is -2.06. The summed E-state index contributed by atoms with van der Waals surface area (Å²) in [5.74, 6) is 0.983. The van der Waals surface area contributed by atoms with E-state index in [0.717, 1.165) is 11.3 Å². The van der Waals surface area contributed by atoms with E-state index in [4.69, 9.17) is 4.74 Å². The molecule has 0 radical (unpaired) electrons. The van der Waals surface area contributed by atoms with E-state index in [0.29, 0.717) is 0 Å². The van der Waals surface area contributed by atoms with Crippen LogP contribution in [0.15, 0.2) is 18.3 Å². The summed E-state index contributed by atoms with van der Waals surface area (Å²) in [5.41, 5.74) is 3.55. The van der Waals surface area contributed by atoms with E-state index >= 15 is 0 Å². The summed E-state index contributed by atoms with van der Waals surface area (Å²) in [6.07, 6.45) is 2.01. The van der Waals surface area contributed by atoms with E-state index in [2.05, 4.69) is 31.0 Å². The second-order valence-corrected chi connectivity index (χ2v) is 3.31. The molecule has 0 aliphatic heterocycles. The zero-order valence-corrected chi connectivity index (χ0v) is 8.14. The van der Waals surface area contributed by atoms with Crippen molar-refractivity contribution in [3.8, 4) is 5.75 Å². The first-order valence-corrected chi connectivity index (χ1v) is 4.35. The quantitative estimate of drug-likeness (QED) is 0.708. The summed E-state index contributed by atoms with van der Waals surface area (Å²) in [6, 6.07) is 4.15. The summed E-state index contributed by atoms with van der Waals surface area (Å²) in [4.78, 5) is 3.21. The maximum absolute atomic E-state index is 5.38. The number of aromatic amines is 1. The number of benzene rings is 1. The van der Waals surface area contributed by atoms with Gasteiger partial charge in [-0.25, -0.2) is 0 Å². The molecule has 1 N–H and O–H groups in total. The first kappa shape index (κ1) is 8.17. The second kappa shape index (κ2) is 2.80. The van der Waals surface area contributed by atoms with E-state index in [1.54, 1.807) is 7.11 Å². The number of aromatic nitrogens is 1. The Morgan fingerprint density at radius 2 is 1.92 bits per heavy atom. The maximum Gasteiger partial charge on any atom is 0.131 e. The molecule has 2 rings (SSSR count). The Bertz CT molecular complexity index is 443. The predicted molar refractivity (Wildman–Crippen MR) is 54.3 cm³/mol. The Morgan fingerprint density at radius 3 is 2.62 bits per heavy atom. The van der Waals surface area contributed by atoms with Gasteiger partial charge in [0, 0.05) is 17.1 Å². The van der Waals surface area contributed by atoms with Crippen LogP contribution in [0.3, 0.4) is 0 Å². The fourth-order valence-electron chi connectivity index (χ4n) is 1.72. The van der Waals surface area contributed by atoms with Crippen LogP contribution < -0.4 is 4.74 Å². The Balaban J connectivity index is 2.88. The molecule has 0 atom stereocenters. The zero-order valence-electron chi connectivity index (χ0n) is 8.14. The summed E-state index contributed by atoms with van der Waals surface area (Å²) in [5, 5.41) is 1.20. The van der Waals surface area contributed by atoms with Gasteiger partial charge in [0.1, 0.15) is 5.75 Å². The van der Waals surface area contributed by atoms with Gasteiger partial charge in [-0.2, -0.15) is 0 Å². The first-order valence-electron chi connectivity index (χ1n) is 4.35. The fourth-order valence-corrected chi connectivity index (χ4v) is 1.72. The van der Waals surface area contributed by atoms with Crippen molar-refractivity contribution in [2.45, 2.75) is 13.8 Å². The summed E-state index contributed by atoms with van der Waals surface area (Å²) < 4.78 is 5.38. The molecule has 0 unspecified atom stereocenters. The van der Waals surface area contributed by atoms with Crippen molar-refractivity contribution >= 4 is 10.9 Å². The number of rotatable bonds is 1. The molecule has 1 heterocycles. The van der Waals surface area contributed by atoms with Crippen molar-refractivity contribution in [2.24, 2.45) is 0 Å². The van der Waals surface area contributed by atoms with Crippen molar-refractivity contribution in [1.29, 1.82) is 0 Å². The highest BCUT2D eigenvalue weighted by molar-refractivity contribution is 5.90. The van der Waals surface area contributed by atoms with Gasteiger partial charge in [0.05, 0.1) is 7.11 Å². The molecular weight excluding hydrogens is 162 g/mol. The number of hydrogen-bond acceptors (Lipinski definition) is 1. The number of nitrogens with one attached hydrogen (secondary N) is 1. The third-order valence-corrected chi connectivity index (χ3v) is 2.40. The summed E-state index contributed by atoms with van der Waals surface area (Å²) in [6.45, 7) is 4.14. The van der Waals surface area contributed by atoms with Crippen LogP contribution in [0.1, 0.15) is 11.1 Å². The standard InChI is InChI=1S/C11H13NO/c1-7-4-5-9-10(11(7)13-3)8(2)6-12-9/h4-6,12H,1-3H3. The number of H-pyrrole nitrogens is 1. The maximum atomic E-state index is 5.38. The Hall–Kier alpha value is -1.44. The van der Waals surface area contributed by atoms with Crippen molar-refractivity contribution in [3.05, 3.63) is 29.5 Å². The third kappa shape index (κ3) is 1.10. The number of hydrogen-bond donors (Lipinski definition) is 1. The van der Waals surface area contributed by atoms with Gasteiger partial charge in [0.15, 0.2) is 0 Å². The molecule has 2 nitrogen and oxygen atoms in total. The van der Waals surface area contributed by atoms with Crippen LogP contribution in [0.4, 0.5) is 0 Å². The minimum Gasteiger partial charge on any atom is -0.496 e. The molecular formula is C11H13NO. The van der Waals surface area contributed by atoms with E-state index in [1.807, 2.05) is 6.20 Å². The third-order valence-electron chi connectivity index (χ3n) is 2.40. The molecule has 0 aliphatic carbocycles. The van der Waals surface area contributed by atoms with Crippen LogP contribution >= 0.6 is 0 Å². The van der Waals surface area contributed by atoms with E-state index in [1.165, 1.54) is 16.5 Å². The molecule has 13 heavy (non-hydrogen) atoms. The molecule has 1 aromatic carbocycles. The smallest absolute Gasteiger partial charge is 0.131 e. The van der Waals surface area contributed by atoms with Gasteiger partial charge < -0.3 is 9.72 Å². The lowest BCUT2D eigenvalue weighted by molar-refractivity contribution is 0.416. The minimum atomic E-state index is 0.983.